The maximum absolute atomic E-state index is 13.3. The molecule has 3 aromatic carbocycles. The SMILES string of the molecule is CN1[C@@H]2COC[C@H]1CC(Oc1ccc(-c3n[nH]c4ccc(C(=O)NC(c5ccccc5)C5CC5)cc34)cc1)C2. The molecule has 3 fully saturated rings. The lowest BCUT2D eigenvalue weighted by atomic mass is 9.92. The summed E-state index contributed by atoms with van der Waals surface area (Å²) < 4.78 is 12.1. The highest BCUT2D eigenvalue weighted by Gasteiger charge is 2.38. The third-order valence-electron chi connectivity index (χ3n) is 8.64. The van der Waals surface area contributed by atoms with Crippen LogP contribution in [0.5, 0.6) is 5.75 Å². The lowest BCUT2D eigenvalue weighted by Crippen LogP contribution is -2.57. The summed E-state index contributed by atoms with van der Waals surface area (Å²) in [6, 6.07) is 25.1. The smallest absolute Gasteiger partial charge is 0.251 e. The molecule has 7 heteroatoms. The minimum absolute atomic E-state index is 0.0439. The number of piperidine rings is 1. The van der Waals surface area contributed by atoms with Crippen molar-refractivity contribution < 1.29 is 14.3 Å². The Morgan fingerprint density at radius 3 is 2.49 bits per heavy atom. The van der Waals surface area contributed by atoms with Gasteiger partial charge in [0.05, 0.1) is 30.5 Å². The van der Waals surface area contributed by atoms with Crippen molar-refractivity contribution in [1.82, 2.24) is 20.4 Å². The summed E-state index contributed by atoms with van der Waals surface area (Å²) in [5.41, 5.74) is 4.53. The molecular weight excluding hydrogens is 488 g/mol. The van der Waals surface area contributed by atoms with Crippen LogP contribution in [0.1, 0.15) is 47.6 Å². The average molecular weight is 523 g/mol. The number of aromatic amines is 1. The molecule has 0 spiro atoms. The fourth-order valence-electron chi connectivity index (χ4n) is 6.19. The number of hydrogen-bond acceptors (Lipinski definition) is 5. The van der Waals surface area contributed by atoms with Gasteiger partial charge in [0.2, 0.25) is 0 Å². The monoisotopic (exact) mass is 522 g/mol. The number of aromatic nitrogens is 2. The topological polar surface area (TPSA) is 79.5 Å². The van der Waals surface area contributed by atoms with Crippen molar-refractivity contribution >= 4 is 16.8 Å². The molecular formula is C32H34N4O3. The van der Waals surface area contributed by atoms with Crippen LogP contribution >= 0.6 is 0 Å². The van der Waals surface area contributed by atoms with E-state index in [0.717, 1.165) is 72.4 Å². The van der Waals surface area contributed by atoms with Gasteiger partial charge >= 0.3 is 0 Å². The van der Waals surface area contributed by atoms with E-state index in [9.17, 15) is 4.79 Å². The maximum Gasteiger partial charge on any atom is 0.251 e. The minimum Gasteiger partial charge on any atom is -0.490 e. The zero-order valence-electron chi connectivity index (χ0n) is 22.2. The van der Waals surface area contributed by atoms with E-state index in [0.29, 0.717) is 23.6 Å². The van der Waals surface area contributed by atoms with Gasteiger partial charge in [-0.15, -0.1) is 0 Å². The second-order valence-corrected chi connectivity index (χ2v) is 11.3. The molecule has 0 radical (unpaired) electrons. The van der Waals surface area contributed by atoms with Gasteiger partial charge in [0, 0.05) is 41.4 Å². The molecule has 2 aliphatic heterocycles. The number of rotatable bonds is 7. The number of hydrogen-bond donors (Lipinski definition) is 2. The van der Waals surface area contributed by atoms with Crippen LogP contribution in [-0.2, 0) is 4.74 Å². The van der Waals surface area contributed by atoms with Crippen molar-refractivity contribution in [1.29, 1.82) is 0 Å². The Labute approximate surface area is 228 Å². The standard InChI is InChI=1S/C32H34N4O3/c1-36-24-16-27(17-25(36)19-38-18-24)39-26-12-9-22(10-13-26)31-28-15-23(11-14-29(28)34-35-31)32(37)33-30(21-7-8-21)20-5-3-2-4-6-20/h2-6,9-15,21,24-25,27,30H,7-8,16-19H2,1H3,(H,33,37)(H,34,35)/t24-,25+,27?,30?. The molecule has 2 bridgehead atoms. The van der Waals surface area contributed by atoms with E-state index in [-0.39, 0.29) is 18.1 Å². The van der Waals surface area contributed by atoms with Crippen molar-refractivity contribution in [3.05, 3.63) is 83.9 Å². The molecule has 1 aliphatic carbocycles. The summed E-state index contributed by atoms with van der Waals surface area (Å²) in [5.74, 6) is 1.33. The molecule has 7 rings (SSSR count). The Morgan fingerprint density at radius 1 is 1.03 bits per heavy atom. The Morgan fingerprint density at radius 2 is 1.77 bits per heavy atom. The highest BCUT2D eigenvalue weighted by atomic mass is 16.5. The molecule has 1 saturated carbocycles. The number of H-pyrrole nitrogens is 1. The van der Waals surface area contributed by atoms with Gasteiger partial charge < -0.3 is 14.8 Å². The minimum atomic E-state index is -0.0538. The van der Waals surface area contributed by atoms with Crippen LogP contribution in [0.3, 0.4) is 0 Å². The summed E-state index contributed by atoms with van der Waals surface area (Å²) in [6.07, 6.45) is 4.47. The summed E-state index contributed by atoms with van der Waals surface area (Å²) in [6.45, 7) is 1.57. The predicted molar refractivity (Wildman–Crippen MR) is 151 cm³/mol. The van der Waals surface area contributed by atoms with E-state index >= 15 is 0 Å². The maximum atomic E-state index is 13.3. The van der Waals surface area contributed by atoms with Gasteiger partial charge in [-0.05, 0) is 73.8 Å². The van der Waals surface area contributed by atoms with Crippen LogP contribution in [0.25, 0.3) is 22.2 Å². The van der Waals surface area contributed by atoms with Crippen LogP contribution in [0, 0.1) is 5.92 Å². The van der Waals surface area contributed by atoms with Gasteiger partial charge in [-0.2, -0.15) is 5.10 Å². The predicted octanol–water partition coefficient (Wildman–Crippen LogP) is 5.35. The molecule has 39 heavy (non-hydrogen) atoms. The van der Waals surface area contributed by atoms with Gasteiger partial charge in [-0.25, -0.2) is 0 Å². The molecule has 4 atom stereocenters. The largest absolute Gasteiger partial charge is 0.490 e. The number of morpholine rings is 1. The fraction of sp³-hybridized carbons (Fsp3) is 0.375. The van der Waals surface area contributed by atoms with Crippen molar-refractivity contribution in [2.45, 2.75) is 49.9 Å². The first-order chi connectivity index (χ1) is 19.1. The third-order valence-corrected chi connectivity index (χ3v) is 8.64. The number of carbonyl (C=O) groups is 1. The summed E-state index contributed by atoms with van der Waals surface area (Å²) in [4.78, 5) is 15.8. The van der Waals surface area contributed by atoms with Gasteiger partial charge in [0.25, 0.3) is 5.91 Å². The molecule has 200 valence electrons. The zero-order valence-corrected chi connectivity index (χ0v) is 22.2. The van der Waals surface area contributed by atoms with Gasteiger partial charge in [0.1, 0.15) is 11.9 Å². The molecule has 4 aromatic rings. The van der Waals surface area contributed by atoms with Gasteiger partial charge in [-0.1, -0.05) is 30.3 Å². The van der Waals surface area contributed by atoms with Crippen molar-refractivity contribution in [2.24, 2.45) is 5.92 Å². The molecule has 1 amide bonds. The van der Waals surface area contributed by atoms with Crippen LogP contribution in [-0.4, -0.2) is 59.5 Å². The van der Waals surface area contributed by atoms with E-state index in [1.807, 2.05) is 48.5 Å². The second-order valence-electron chi connectivity index (χ2n) is 11.3. The van der Waals surface area contributed by atoms with Crippen molar-refractivity contribution in [2.75, 3.05) is 20.3 Å². The van der Waals surface area contributed by atoms with Crippen LogP contribution in [0.2, 0.25) is 0 Å². The number of ether oxygens (including phenoxy) is 2. The molecule has 2 unspecified atom stereocenters. The Kier molecular flexibility index (Phi) is 6.33. The van der Waals surface area contributed by atoms with Gasteiger partial charge in [0.15, 0.2) is 0 Å². The van der Waals surface area contributed by atoms with Crippen molar-refractivity contribution in [3.63, 3.8) is 0 Å². The molecule has 3 aliphatic rings. The Hall–Kier alpha value is -3.68. The number of amides is 1. The van der Waals surface area contributed by atoms with Crippen LogP contribution in [0.15, 0.2) is 72.8 Å². The molecule has 2 N–H and O–H groups in total. The first-order valence-electron chi connectivity index (χ1n) is 14.0. The van der Waals surface area contributed by atoms with E-state index in [1.165, 1.54) is 0 Å². The lowest BCUT2D eigenvalue weighted by molar-refractivity contribution is -0.0879. The zero-order chi connectivity index (χ0) is 26.3. The van der Waals surface area contributed by atoms with Gasteiger partial charge in [-0.3, -0.25) is 14.8 Å². The number of nitrogens with one attached hydrogen (secondary N) is 2. The van der Waals surface area contributed by atoms with Crippen LogP contribution in [0.4, 0.5) is 0 Å². The summed E-state index contributed by atoms with van der Waals surface area (Å²) in [7, 11) is 2.20. The Bertz CT molecular complexity index is 1450. The average Bonchev–Trinajstić information content (AvgIpc) is 3.71. The number of likely N-dealkylation sites (N-methyl/N-ethyl adjacent to an activating group) is 1. The quantitative estimate of drug-likeness (QED) is 0.342. The second kappa shape index (κ2) is 10.1. The highest BCUT2D eigenvalue weighted by Crippen LogP contribution is 2.41. The molecule has 7 nitrogen and oxygen atoms in total. The van der Waals surface area contributed by atoms with Crippen molar-refractivity contribution in [3.8, 4) is 17.0 Å². The van der Waals surface area contributed by atoms with E-state index < -0.39 is 0 Å². The third kappa shape index (κ3) is 4.92. The number of carbonyl (C=O) groups excluding carboxylic acids is 1. The summed E-state index contributed by atoms with van der Waals surface area (Å²) >= 11 is 0. The number of fused-ring (bicyclic) bond motifs is 3. The first-order valence-corrected chi connectivity index (χ1v) is 14.0. The lowest BCUT2D eigenvalue weighted by Gasteiger charge is -2.46. The normalized spacial score (nSPS) is 23.9. The molecule has 2 saturated heterocycles. The molecule has 1 aromatic heterocycles. The molecule has 3 heterocycles. The summed E-state index contributed by atoms with van der Waals surface area (Å²) in [5, 5.41) is 11.9. The Balaban J connectivity index is 1.08. The van der Waals surface area contributed by atoms with E-state index in [1.54, 1.807) is 0 Å². The van der Waals surface area contributed by atoms with E-state index in [2.05, 4.69) is 51.7 Å². The van der Waals surface area contributed by atoms with E-state index in [4.69, 9.17) is 9.47 Å². The van der Waals surface area contributed by atoms with Crippen LogP contribution < -0.4 is 10.1 Å². The number of nitrogens with zero attached hydrogens (tertiary/aromatic N) is 2. The first kappa shape index (κ1) is 24.4. The number of benzene rings is 3. The fourth-order valence-corrected chi connectivity index (χ4v) is 6.19. The highest BCUT2D eigenvalue weighted by molar-refractivity contribution is 6.01.